The third kappa shape index (κ3) is 2.81. The van der Waals surface area contributed by atoms with Gasteiger partial charge in [0.15, 0.2) is 0 Å². The van der Waals surface area contributed by atoms with Gasteiger partial charge in [-0.15, -0.1) is 0 Å². The van der Waals surface area contributed by atoms with E-state index >= 15 is 0 Å². The van der Waals surface area contributed by atoms with Crippen LogP contribution in [0.2, 0.25) is 0 Å². The molecule has 1 saturated heterocycles. The zero-order valence-electron chi connectivity index (χ0n) is 9.95. The molecule has 1 atom stereocenters. The summed E-state index contributed by atoms with van der Waals surface area (Å²) in [7, 11) is -3.72. The number of benzene rings is 1. The molecule has 2 rings (SSSR count). The van der Waals surface area contributed by atoms with Gasteiger partial charge in [-0.25, -0.2) is 13.6 Å². The summed E-state index contributed by atoms with van der Waals surface area (Å²) in [4.78, 5) is 2.09. The van der Waals surface area contributed by atoms with Gasteiger partial charge in [0.1, 0.15) is 4.90 Å². The van der Waals surface area contributed by atoms with Crippen LogP contribution in [-0.2, 0) is 14.8 Å². The van der Waals surface area contributed by atoms with Crippen molar-refractivity contribution in [1.82, 2.24) is 0 Å². The number of nitrogens with two attached hydrogens (primary N) is 2. The Bertz CT molecular complexity index is 518. The van der Waals surface area contributed by atoms with Crippen LogP contribution in [0.25, 0.3) is 0 Å². The van der Waals surface area contributed by atoms with Gasteiger partial charge in [0.2, 0.25) is 10.0 Å². The molecule has 100 valence electrons. The minimum absolute atomic E-state index is 0.0766. The van der Waals surface area contributed by atoms with Crippen molar-refractivity contribution in [2.75, 3.05) is 31.1 Å². The molecule has 0 amide bonds. The van der Waals surface area contributed by atoms with Crippen LogP contribution in [-0.4, -0.2) is 40.8 Å². The van der Waals surface area contributed by atoms with Crippen LogP contribution in [0.5, 0.6) is 0 Å². The van der Waals surface area contributed by atoms with Crippen LogP contribution in [0.1, 0.15) is 0 Å². The molecule has 1 aromatic rings. The number of hydrogen-bond donors (Lipinski definition) is 2. The third-order valence-electron chi connectivity index (χ3n) is 2.91. The van der Waals surface area contributed by atoms with E-state index in [9.17, 15) is 8.42 Å². The molecule has 0 radical (unpaired) electrons. The van der Waals surface area contributed by atoms with Gasteiger partial charge in [0.25, 0.3) is 0 Å². The quantitative estimate of drug-likeness (QED) is 0.772. The summed E-state index contributed by atoms with van der Waals surface area (Å²) in [5, 5.41) is 5.22. The Kier molecular flexibility index (Phi) is 3.86. The zero-order chi connectivity index (χ0) is 13.2. The second-order valence-electron chi connectivity index (χ2n) is 4.19. The van der Waals surface area contributed by atoms with Crippen molar-refractivity contribution >= 4 is 15.7 Å². The van der Waals surface area contributed by atoms with Crippen LogP contribution in [0.15, 0.2) is 29.2 Å². The minimum Gasteiger partial charge on any atom is -0.373 e. The molecule has 0 aromatic heterocycles. The fraction of sp³-hybridized carbons (Fsp3) is 0.455. The van der Waals surface area contributed by atoms with Gasteiger partial charge >= 0.3 is 0 Å². The highest BCUT2D eigenvalue weighted by Gasteiger charge is 2.23. The normalized spacial score (nSPS) is 21.0. The predicted molar refractivity (Wildman–Crippen MR) is 68.8 cm³/mol. The van der Waals surface area contributed by atoms with Gasteiger partial charge in [-0.1, -0.05) is 12.1 Å². The van der Waals surface area contributed by atoms with E-state index < -0.39 is 10.0 Å². The number of rotatable bonds is 3. The van der Waals surface area contributed by atoms with Crippen molar-refractivity contribution < 1.29 is 13.2 Å². The monoisotopic (exact) mass is 271 g/mol. The molecule has 18 heavy (non-hydrogen) atoms. The summed E-state index contributed by atoms with van der Waals surface area (Å²) in [6, 6.07) is 6.71. The number of ether oxygens (including phenoxy) is 1. The Morgan fingerprint density at radius 2 is 2.11 bits per heavy atom. The second kappa shape index (κ2) is 5.23. The fourth-order valence-corrected chi connectivity index (χ4v) is 2.80. The van der Waals surface area contributed by atoms with Crippen molar-refractivity contribution in [2.24, 2.45) is 10.9 Å². The number of para-hydroxylation sites is 1. The molecule has 1 fully saturated rings. The number of nitrogens with zero attached hydrogens (tertiary/aromatic N) is 1. The first-order chi connectivity index (χ1) is 8.52. The van der Waals surface area contributed by atoms with Gasteiger partial charge < -0.3 is 15.4 Å². The van der Waals surface area contributed by atoms with Gasteiger partial charge in [-0.05, 0) is 12.1 Å². The second-order valence-corrected chi connectivity index (χ2v) is 5.72. The molecule has 7 heteroatoms. The first-order valence-electron chi connectivity index (χ1n) is 5.71. The van der Waals surface area contributed by atoms with Crippen molar-refractivity contribution in [1.29, 1.82) is 0 Å². The van der Waals surface area contributed by atoms with Crippen LogP contribution >= 0.6 is 0 Å². The highest BCUT2D eigenvalue weighted by Crippen LogP contribution is 2.25. The van der Waals surface area contributed by atoms with E-state index in [2.05, 4.69) is 0 Å². The lowest BCUT2D eigenvalue weighted by molar-refractivity contribution is 0.0464. The van der Waals surface area contributed by atoms with E-state index in [-0.39, 0.29) is 11.0 Å². The van der Waals surface area contributed by atoms with E-state index in [4.69, 9.17) is 15.6 Å². The largest absolute Gasteiger partial charge is 0.373 e. The molecule has 0 spiro atoms. The first kappa shape index (κ1) is 13.3. The summed E-state index contributed by atoms with van der Waals surface area (Å²) in [6.45, 7) is 2.14. The number of primary sulfonamides is 1. The third-order valence-corrected chi connectivity index (χ3v) is 3.87. The van der Waals surface area contributed by atoms with E-state index in [0.29, 0.717) is 31.9 Å². The fourth-order valence-electron chi connectivity index (χ4n) is 2.04. The average molecular weight is 271 g/mol. The SMILES string of the molecule is NCC1CN(c2ccccc2S(N)(=O)=O)CCO1. The number of morpholine rings is 1. The van der Waals surface area contributed by atoms with Gasteiger partial charge in [0.05, 0.1) is 18.4 Å². The van der Waals surface area contributed by atoms with Crippen molar-refractivity contribution in [3.05, 3.63) is 24.3 Å². The van der Waals surface area contributed by atoms with Crippen LogP contribution in [0.3, 0.4) is 0 Å². The first-order valence-corrected chi connectivity index (χ1v) is 7.25. The zero-order valence-corrected chi connectivity index (χ0v) is 10.8. The highest BCUT2D eigenvalue weighted by atomic mass is 32.2. The summed E-state index contributed by atoms with van der Waals surface area (Å²) in [5.74, 6) is 0. The Morgan fingerprint density at radius 3 is 2.78 bits per heavy atom. The summed E-state index contributed by atoms with van der Waals surface area (Å²) < 4.78 is 28.5. The molecule has 1 aliphatic rings. The van der Waals surface area contributed by atoms with Gasteiger partial charge in [-0.3, -0.25) is 0 Å². The molecular weight excluding hydrogens is 254 g/mol. The smallest absolute Gasteiger partial charge is 0.240 e. The average Bonchev–Trinajstić information content (AvgIpc) is 2.38. The van der Waals surface area contributed by atoms with Gasteiger partial charge in [-0.2, -0.15) is 0 Å². The highest BCUT2D eigenvalue weighted by molar-refractivity contribution is 7.89. The lowest BCUT2D eigenvalue weighted by Crippen LogP contribution is -2.46. The Morgan fingerprint density at radius 1 is 1.39 bits per heavy atom. The summed E-state index contributed by atoms with van der Waals surface area (Å²) >= 11 is 0. The van der Waals surface area contributed by atoms with Gasteiger partial charge in [0, 0.05) is 19.6 Å². The van der Waals surface area contributed by atoms with E-state index in [1.165, 1.54) is 6.07 Å². The molecule has 1 unspecified atom stereocenters. The lowest BCUT2D eigenvalue weighted by Gasteiger charge is -2.34. The van der Waals surface area contributed by atoms with Crippen molar-refractivity contribution in [3.8, 4) is 0 Å². The number of hydrogen-bond acceptors (Lipinski definition) is 5. The Hall–Kier alpha value is -1.15. The van der Waals surface area contributed by atoms with Crippen LogP contribution < -0.4 is 15.8 Å². The molecular formula is C11H17N3O3S. The van der Waals surface area contributed by atoms with Crippen LogP contribution in [0, 0.1) is 0 Å². The Labute approximate surface area is 107 Å². The molecule has 0 bridgehead atoms. The number of sulfonamides is 1. The minimum atomic E-state index is -3.72. The van der Waals surface area contributed by atoms with Crippen LogP contribution in [0.4, 0.5) is 5.69 Å². The molecule has 6 nitrogen and oxygen atoms in total. The number of anilines is 1. The maximum atomic E-state index is 11.5. The maximum absolute atomic E-state index is 11.5. The van der Waals surface area contributed by atoms with Crippen molar-refractivity contribution in [2.45, 2.75) is 11.0 Å². The van der Waals surface area contributed by atoms with E-state index in [1.54, 1.807) is 18.2 Å². The predicted octanol–water partition coefficient (Wildman–Crippen LogP) is -0.502. The maximum Gasteiger partial charge on any atom is 0.240 e. The molecule has 4 N–H and O–H groups in total. The summed E-state index contributed by atoms with van der Waals surface area (Å²) in [5.41, 5.74) is 6.19. The molecule has 0 aliphatic carbocycles. The van der Waals surface area contributed by atoms with E-state index in [1.807, 2.05) is 4.90 Å². The molecule has 1 aromatic carbocycles. The van der Waals surface area contributed by atoms with Crippen molar-refractivity contribution in [3.63, 3.8) is 0 Å². The molecule has 0 saturated carbocycles. The topological polar surface area (TPSA) is 98.6 Å². The Balaban J connectivity index is 2.33. The molecule has 1 aliphatic heterocycles. The summed E-state index contributed by atoms with van der Waals surface area (Å²) in [6.07, 6.45) is -0.0766. The van der Waals surface area contributed by atoms with E-state index in [0.717, 1.165) is 0 Å². The molecule has 1 heterocycles. The lowest BCUT2D eigenvalue weighted by atomic mass is 10.2. The standard InChI is InChI=1S/C11H17N3O3S/c12-7-9-8-14(5-6-17-9)10-3-1-2-4-11(10)18(13,15)16/h1-4,9H,5-8,12H2,(H2,13,15,16).